The largest absolute Gasteiger partial charge is 0.379 e. The number of carbonyl (C=O) groups excluding carboxylic acids is 1. The highest BCUT2D eigenvalue weighted by molar-refractivity contribution is 5.98. The number of aromatic nitrogens is 1. The average Bonchev–Trinajstić information content (AvgIpc) is 2.52. The number of pyridine rings is 1. The smallest absolute Gasteiger partial charge is 0.255 e. The summed E-state index contributed by atoms with van der Waals surface area (Å²) < 4.78 is 5.29. The summed E-state index contributed by atoms with van der Waals surface area (Å²) in [6.07, 6.45) is 2.50. The molecule has 0 aromatic carbocycles. The van der Waals surface area contributed by atoms with Gasteiger partial charge in [-0.25, -0.2) is 10.8 Å². The van der Waals surface area contributed by atoms with Crippen LogP contribution in [0.3, 0.4) is 0 Å². The van der Waals surface area contributed by atoms with Crippen molar-refractivity contribution in [3.63, 3.8) is 0 Å². The van der Waals surface area contributed by atoms with Gasteiger partial charge in [-0.2, -0.15) is 0 Å². The van der Waals surface area contributed by atoms with Crippen molar-refractivity contribution in [2.24, 2.45) is 5.84 Å². The van der Waals surface area contributed by atoms with Crippen molar-refractivity contribution in [3.8, 4) is 0 Å². The van der Waals surface area contributed by atoms with Crippen molar-refractivity contribution in [1.82, 2.24) is 15.2 Å². The molecule has 1 aromatic heterocycles. The van der Waals surface area contributed by atoms with Gasteiger partial charge in [0, 0.05) is 25.8 Å². The Balaban J connectivity index is 1.72. The first-order chi connectivity index (χ1) is 9.81. The fraction of sp³-hybridized carbons (Fsp3) is 0.538. The summed E-state index contributed by atoms with van der Waals surface area (Å²) in [6.45, 7) is 5.14. The molecule has 1 saturated heterocycles. The van der Waals surface area contributed by atoms with Crippen molar-refractivity contribution < 1.29 is 9.53 Å². The number of carbonyl (C=O) groups is 1. The molecule has 110 valence electrons. The molecule has 1 fully saturated rings. The predicted molar refractivity (Wildman–Crippen MR) is 76.3 cm³/mol. The molecule has 2 heterocycles. The highest BCUT2D eigenvalue weighted by Gasteiger charge is 2.12. The van der Waals surface area contributed by atoms with Gasteiger partial charge in [0.25, 0.3) is 5.91 Å². The van der Waals surface area contributed by atoms with Crippen LogP contribution in [0.25, 0.3) is 0 Å². The highest BCUT2D eigenvalue weighted by Crippen LogP contribution is 2.09. The van der Waals surface area contributed by atoms with E-state index >= 15 is 0 Å². The molecule has 4 N–H and O–H groups in total. The summed E-state index contributed by atoms with van der Waals surface area (Å²) in [5, 5.41) is 2.88. The molecule has 1 amide bonds. The zero-order chi connectivity index (χ0) is 14.2. The number of hydrogen-bond donors (Lipinski definition) is 3. The molecule has 0 atom stereocenters. The Morgan fingerprint density at radius 1 is 1.45 bits per heavy atom. The van der Waals surface area contributed by atoms with Crippen LogP contribution in [-0.4, -0.2) is 55.2 Å². The van der Waals surface area contributed by atoms with Gasteiger partial charge in [-0.1, -0.05) is 0 Å². The van der Waals surface area contributed by atoms with Crippen LogP contribution in [0.2, 0.25) is 0 Å². The molecule has 0 radical (unpaired) electrons. The average molecular weight is 279 g/mol. The van der Waals surface area contributed by atoms with Gasteiger partial charge in [-0.15, -0.1) is 0 Å². The van der Waals surface area contributed by atoms with E-state index < -0.39 is 0 Å². The molecule has 20 heavy (non-hydrogen) atoms. The lowest BCUT2D eigenvalue weighted by atomic mass is 10.2. The van der Waals surface area contributed by atoms with E-state index in [-0.39, 0.29) is 5.91 Å². The van der Waals surface area contributed by atoms with Crippen LogP contribution in [0.1, 0.15) is 16.8 Å². The fourth-order valence-electron chi connectivity index (χ4n) is 2.13. The minimum absolute atomic E-state index is 0.159. The molecule has 1 aliphatic heterocycles. The number of hydrazine groups is 1. The number of hydrogen-bond acceptors (Lipinski definition) is 6. The van der Waals surface area contributed by atoms with Crippen LogP contribution in [0.5, 0.6) is 0 Å². The molecule has 0 spiro atoms. The van der Waals surface area contributed by atoms with Gasteiger partial charge in [0.1, 0.15) is 0 Å². The Morgan fingerprint density at radius 2 is 2.25 bits per heavy atom. The second-order valence-electron chi connectivity index (χ2n) is 4.61. The van der Waals surface area contributed by atoms with Gasteiger partial charge >= 0.3 is 0 Å². The lowest BCUT2D eigenvalue weighted by Gasteiger charge is -2.26. The summed E-state index contributed by atoms with van der Waals surface area (Å²) in [5.74, 6) is 5.56. The minimum atomic E-state index is -0.159. The second-order valence-corrected chi connectivity index (χ2v) is 4.61. The minimum Gasteiger partial charge on any atom is -0.379 e. The van der Waals surface area contributed by atoms with Crippen molar-refractivity contribution in [2.45, 2.75) is 6.42 Å². The SMILES string of the molecule is NNc1ncccc1C(=O)NCCCN1CCOCC1. The number of nitrogens with one attached hydrogen (secondary N) is 2. The van der Waals surface area contributed by atoms with Gasteiger partial charge < -0.3 is 15.5 Å². The Hall–Kier alpha value is -1.70. The van der Waals surface area contributed by atoms with Gasteiger partial charge in [0.2, 0.25) is 0 Å². The number of nitrogens with zero attached hydrogens (tertiary/aromatic N) is 2. The number of ether oxygens (including phenoxy) is 1. The fourth-order valence-corrected chi connectivity index (χ4v) is 2.13. The molecule has 7 nitrogen and oxygen atoms in total. The zero-order valence-corrected chi connectivity index (χ0v) is 11.5. The van der Waals surface area contributed by atoms with Crippen molar-refractivity contribution in [3.05, 3.63) is 23.9 Å². The summed E-state index contributed by atoms with van der Waals surface area (Å²) >= 11 is 0. The molecular weight excluding hydrogens is 258 g/mol. The first-order valence-corrected chi connectivity index (χ1v) is 6.81. The van der Waals surface area contributed by atoms with Crippen LogP contribution >= 0.6 is 0 Å². The standard InChI is InChI=1S/C13H21N5O2/c14-17-12-11(3-1-4-15-12)13(19)16-5-2-6-18-7-9-20-10-8-18/h1,3-4H,2,5-10,14H2,(H,15,17)(H,16,19). The third-order valence-corrected chi connectivity index (χ3v) is 3.23. The molecule has 7 heteroatoms. The van der Waals surface area contributed by atoms with Crippen molar-refractivity contribution in [1.29, 1.82) is 0 Å². The van der Waals surface area contributed by atoms with Crippen molar-refractivity contribution in [2.75, 3.05) is 44.8 Å². The quantitative estimate of drug-likeness (QED) is 0.380. The molecule has 0 aliphatic carbocycles. The monoisotopic (exact) mass is 279 g/mol. The molecule has 0 unspecified atom stereocenters. The number of morpholine rings is 1. The van der Waals surface area contributed by atoms with Crippen LogP contribution in [-0.2, 0) is 4.74 Å². The summed E-state index contributed by atoms with van der Waals surface area (Å²) in [6, 6.07) is 3.41. The Kier molecular flexibility index (Phi) is 5.72. The molecule has 1 aliphatic rings. The Labute approximate surface area is 118 Å². The summed E-state index contributed by atoms with van der Waals surface area (Å²) in [4.78, 5) is 18.3. The maximum Gasteiger partial charge on any atom is 0.255 e. The van der Waals surface area contributed by atoms with E-state index in [4.69, 9.17) is 10.6 Å². The number of rotatable bonds is 6. The van der Waals surface area contributed by atoms with Crippen LogP contribution < -0.4 is 16.6 Å². The van der Waals surface area contributed by atoms with E-state index in [1.165, 1.54) is 0 Å². The first kappa shape index (κ1) is 14.7. The van der Waals surface area contributed by atoms with Crippen molar-refractivity contribution >= 4 is 11.7 Å². The number of nitrogen functional groups attached to an aromatic ring is 1. The van der Waals surface area contributed by atoms with Gasteiger partial charge in [-0.05, 0) is 25.1 Å². The topological polar surface area (TPSA) is 92.5 Å². The first-order valence-electron chi connectivity index (χ1n) is 6.81. The maximum atomic E-state index is 12.0. The second kappa shape index (κ2) is 7.78. The molecule has 0 saturated carbocycles. The van der Waals surface area contributed by atoms with E-state index in [1.54, 1.807) is 18.3 Å². The summed E-state index contributed by atoms with van der Waals surface area (Å²) in [7, 11) is 0. The van der Waals surface area contributed by atoms with E-state index in [0.29, 0.717) is 17.9 Å². The van der Waals surface area contributed by atoms with Gasteiger partial charge in [0.05, 0.1) is 18.8 Å². The predicted octanol–water partition coefficient (Wildman–Crippen LogP) is -0.181. The Bertz CT molecular complexity index is 435. The third-order valence-electron chi connectivity index (χ3n) is 3.23. The number of anilines is 1. The Morgan fingerprint density at radius 3 is 3.00 bits per heavy atom. The third kappa shape index (κ3) is 4.16. The number of nitrogens with two attached hydrogens (primary N) is 1. The van der Waals surface area contributed by atoms with Crippen LogP contribution in [0.4, 0.5) is 5.82 Å². The molecule has 0 bridgehead atoms. The van der Waals surface area contributed by atoms with E-state index in [2.05, 4.69) is 20.6 Å². The lowest BCUT2D eigenvalue weighted by molar-refractivity contribution is 0.0374. The molecule has 2 rings (SSSR count). The van der Waals surface area contributed by atoms with Crippen LogP contribution in [0.15, 0.2) is 18.3 Å². The molecular formula is C13H21N5O2. The number of amides is 1. The normalized spacial score (nSPS) is 15.8. The lowest BCUT2D eigenvalue weighted by Crippen LogP contribution is -2.38. The highest BCUT2D eigenvalue weighted by atomic mass is 16.5. The maximum absolute atomic E-state index is 12.0. The van der Waals surface area contributed by atoms with E-state index in [1.807, 2.05) is 0 Å². The summed E-state index contributed by atoms with van der Waals surface area (Å²) in [5.41, 5.74) is 2.88. The van der Waals surface area contributed by atoms with E-state index in [0.717, 1.165) is 39.3 Å². The van der Waals surface area contributed by atoms with Gasteiger partial charge in [0.15, 0.2) is 5.82 Å². The zero-order valence-electron chi connectivity index (χ0n) is 11.5. The van der Waals surface area contributed by atoms with E-state index in [9.17, 15) is 4.79 Å². The van der Waals surface area contributed by atoms with Gasteiger partial charge in [-0.3, -0.25) is 9.69 Å². The van der Waals surface area contributed by atoms with Crippen LogP contribution in [0, 0.1) is 0 Å². The molecule has 1 aromatic rings.